The summed E-state index contributed by atoms with van der Waals surface area (Å²) in [6.07, 6.45) is 1.85. The fourth-order valence-corrected chi connectivity index (χ4v) is 6.09. The van der Waals surface area contributed by atoms with E-state index in [0.717, 1.165) is 25.3 Å². The van der Waals surface area contributed by atoms with Crippen molar-refractivity contribution in [1.82, 2.24) is 5.32 Å². The normalized spacial score (nSPS) is 28.8. The molecule has 0 saturated heterocycles. The average molecular weight is 522 g/mol. The number of ether oxygens (including phenoxy) is 2. The highest BCUT2D eigenvalue weighted by Crippen LogP contribution is 2.50. The molecule has 1 aliphatic heterocycles. The van der Waals surface area contributed by atoms with E-state index in [2.05, 4.69) is 5.32 Å². The summed E-state index contributed by atoms with van der Waals surface area (Å²) in [7, 11) is 0. The number of hydrogen-bond acceptors (Lipinski definition) is 5. The number of nitrogens with one attached hydrogen (secondary N) is 1. The molecule has 2 N–H and O–H groups in total. The highest BCUT2D eigenvalue weighted by atomic mass is 35.5. The molecule has 6 nitrogen and oxygen atoms in total. The molecule has 0 aromatic heterocycles. The Morgan fingerprint density at radius 3 is 2.66 bits per heavy atom. The second-order valence-electron chi connectivity index (χ2n) is 9.74. The van der Waals surface area contributed by atoms with Gasteiger partial charge in [0, 0.05) is 35.5 Å². The number of rotatable bonds is 7. The van der Waals surface area contributed by atoms with Gasteiger partial charge in [-0.15, -0.1) is 0 Å². The minimum atomic E-state index is -0.780. The summed E-state index contributed by atoms with van der Waals surface area (Å²) in [5.74, 6) is 0.831. The molecule has 2 saturated carbocycles. The zero-order valence-corrected chi connectivity index (χ0v) is 20.4. The maximum absolute atomic E-state index is 13.5. The smallest absolute Gasteiger partial charge is 0.258 e. The van der Waals surface area contributed by atoms with Gasteiger partial charge < -0.3 is 19.9 Å². The first kappa shape index (κ1) is 24.3. The Labute approximate surface area is 212 Å². The SMILES string of the molecule is O=C(COc1ccc(Cl)c(F)c1)N[C@@H]1C[C@@H]2C[C@H]1C[C@H]2CC(=O)[C@H]1C[C@@H](O)c2cc(Cl)ccc2O1. The monoisotopic (exact) mass is 521 g/mol. The van der Waals surface area contributed by atoms with E-state index in [9.17, 15) is 19.1 Å². The molecule has 0 spiro atoms. The Kier molecular flexibility index (Phi) is 6.93. The van der Waals surface area contributed by atoms with Crippen LogP contribution in [0, 0.1) is 23.6 Å². The molecule has 1 heterocycles. The molecule has 2 bridgehead atoms. The van der Waals surface area contributed by atoms with E-state index in [1.54, 1.807) is 18.2 Å². The fourth-order valence-electron chi connectivity index (χ4n) is 5.79. The van der Waals surface area contributed by atoms with Gasteiger partial charge in [-0.25, -0.2) is 4.39 Å². The highest BCUT2D eigenvalue weighted by molar-refractivity contribution is 6.31. The molecule has 2 aromatic rings. The Hall–Kier alpha value is -2.35. The van der Waals surface area contributed by atoms with Gasteiger partial charge in [0.25, 0.3) is 5.91 Å². The molecule has 0 radical (unpaired) electrons. The molecule has 1 amide bonds. The van der Waals surface area contributed by atoms with Crippen molar-refractivity contribution < 1.29 is 28.6 Å². The number of fused-ring (bicyclic) bond motifs is 3. The second kappa shape index (κ2) is 9.96. The van der Waals surface area contributed by atoms with Crippen LogP contribution in [0.25, 0.3) is 0 Å². The van der Waals surface area contributed by atoms with Gasteiger partial charge in [-0.05, 0) is 67.3 Å². The third-order valence-corrected chi connectivity index (χ3v) is 8.01. The number of carbonyl (C=O) groups is 2. The van der Waals surface area contributed by atoms with Gasteiger partial charge >= 0.3 is 0 Å². The number of aliphatic hydroxyl groups excluding tert-OH is 1. The van der Waals surface area contributed by atoms with Crippen molar-refractivity contribution >= 4 is 34.9 Å². The second-order valence-corrected chi connectivity index (χ2v) is 10.6. The summed E-state index contributed by atoms with van der Waals surface area (Å²) < 4.78 is 24.8. The van der Waals surface area contributed by atoms with Crippen molar-refractivity contribution in [2.24, 2.45) is 17.8 Å². The predicted molar refractivity (Wildman–Crippen MR) is 128 cm³/mol. The molecule has 9 heteroatoms. The first-order valence-electron chi connectivity index (χ1n) is 11.8. The summed E-state index contributed by atoms with van der Waals surface area (Å²) in [6, 6.07) is 9.15. The van der Waals surface area contributed by atoms with E-state index in [-0.39, 0.29) is 47.5 Å². The van der Waals surface area contributed by atoms with E-state index in [4.69, 9.17) is 32.7 Å². The van der Waals surface area contributed by atoms with Crippen molar-refractivity contribution in [3.8, 4) is 11.5 Å². The minimum absolute atomic E-state index is 0.00206. The number of ketones is 1. The number of hydrogen-bond donors (Lipinski definition) is 2. The van der Waals surface area contributed by atoms with Crippen molar-refractivity contribution in [2.45, 2.75) is 50.4 Å². The Balaban J connectivity index is 1.09. The van der Waals surface area contributed by atoms with Gasteiger partial charge in [0.1, 0.15) is 17.3 Å². The Morgan fingerprint density at radius 1 is 1.09 bits per heavy atom. The molecular weight excluding hydrogens is 496 g/mol. The predicted octanol–water partition coefficient (Wildman–Crippen LogP) is 4.89. The molecule has 2 aromatic carbocycles. The first-order valence-corrected chi connectivity index (χ1v) is 12.6. The largest absolute Gasteiger partial charge is 0.484 e. The lowest BCUT2D eigenvalue weighted by atomic mass is 9.81. The maximum Gasteiger partial charge on any atom is 0.258 e. The van der Waals surface area contributed by atoms with Crippen LogP contribution in [-0.4, -0.2) is 35.5 Å². The maximum atomic E-state index is 13.5. The summed E-state index contributed by atoms with van der Waals surface area (Å²) in [6.45, 7) is -0.203. The summed E-state index contributed by atoms with van der Waals surface area (Å²) in [5, 5.41) is 14.0. The van der Waals surface area contributed by atoms with Crippen LogP contribution >= 0.6 is 23.2 Å². The molecule has 6 atom stereocenters. The van der Waals surface area contributed by atoms with Gasteiger partial charge in [0.2, 0.25) is 0 Å². The lowest BCUT2D eigenvalue weighted by molar-refractivity contribution is -0.130. The number of Topliss-reactive ketones (excluding diaryl/α,β-unsaturated/α-hetero) is 1. The zero-order chi connectivity index (χ0) is 24.7. The van der Waals surface area contributed by atoms with Crippen LogP contribution in [0.1, 0.15) is 43.8 Å². The molecular formula is C26H26Cl2FNO5. The van der Waals surface area contributed by atoms with Gasteiger partial charge in [0.15, 0.2) is 18.5 Å². The summed E-state index contributed by atoms with van der Waals surface area (Å²) in [4.78, 5) is 25.4. The van der Waals surface area contributed by atoms with Crippen LogP contribution in [0.2, 0.25) is 10.0 Å². The summed E-state index contributed by atoms with van der Waals surface area (Å²) >= 11 is 11.7. The van der Waals surface area contributed by atoms with Gasteiger partial charge in [-0.2, -0.15) is 0 Å². The Morgan fingerprint density at radius 2 is 1.91 bits per heavy atom. The van der Waals surface area contributed by atoms with Crippen LogP contribution in [0.3, 0.4) is 0 Å². The van der Waals surface area contributed by atoms with Gasteiger partial charge in [-0.1, -0.05) is 23.2 Å². The van der Waals surface area contributed by atoms with Crippen molar-refractivity contribution in [3.05, 3.63) is 57.8 Å². The van der Waals surface area contributed by atoms with E-state index in [1.807, 2.05) is 0 Å². The molecule has 186 valence electrons. The number of halogens is 3. The minimum Gasteiger partial charge on any atom is -0.484 e. The van der Waals surface area contributed by atoms with Crippen LogP contribution < -0.4 is 14.8 Å². The topological polar surface area (TPSA) is 84.9 Å². The number of carbonyl (C=O) groups excluding carboxylic acids is 2. The molecule has 5 rings (SSSR count). The van der Waals surface area contributed by atoms with Crippen molar-refractivity contribution in [1.29, 1.82) is 0 Å². The molecule has 35 heavy (non-hydrogen) atoms. The average Bonchev–Trinajstić information content (AvgIpc) is 3.40. The van der Waals surface area contributed by atoms with Crippen molar-refractivity contribution in [3.63, 3.8) is 0 Å². The third kappa shape index (κ3) is 5.27. The quantitative estimate of drug-likeness (QED) is 0.541. The van der Waals surface area contributed by atoms with E-state index in [1.165, 1.54) is 12.1 Å². The van der Waals surface area contributed by atoms with Crippen LogP contribution in [0.15, 0.2) is 36.4 Å². The third-order valence-electron chi connectivity index (χ3n) is 7.47. The van der Waals surface area contributed by atoms with E-state index >= 15 is 0 Å². The summed E-state index contributed by atoms with van der Waals surface area (Å²) in [5.41, 5.74) is 0.616. The fraction of sp³-hybridized carbons (Fsp3) is 0.462. The molecule has 0 unspecified atom stereocenters. The zero-order valence-electron chi connectivity index (χ0n) is 18.9. The first-order chi connectivity index (χ1) is 16.8. The number of benzene rings is 2. The van der Waals surface area contributed by atoms with Crippen LogP contribution in [-0.2, 0) is 9.59 Å². The van der Waals surface area contributed by atoms with Crippen LogP contribution in [0.5, 0.6) is 11.5 Å². The molecule has 2 aliphatic carbocycles. The van der Waals surface area contributed by atoms with E-state index < -0.39 is 18.0 Å². The van der Waals surface area contributed by atoms with Gasteiger partial charge in [0.05, 0.1) is 11.1 Å². The lowest BCUT2D eigenvalue weighted by Gasteiger charge is -2.32. The standard InChI is InChI=1S/C26H26Cl2FNO5/c27-16-1-4-24-18(9-16)22(31)11-25(35-24)23(32)8-14-6-15-5-13(14)7-21(15)30-26(33)12-34-17-2-3-19(28)20(29)10-17/h1-4,9-10,13-15,21-22,25,31H,5-8,11-12H2,(H,30,33)/t13-,14-,15-,21+,22+,25+/m0/s1. The molecule has 3 aliphatic rings. The van der Waals surface area contributed by atoms with E-state index in [0.29, 0.717) is 34.6 Å². The molecule has 2 fully saturated rings. The number of amides is 1. The highest BCUT2D eigenvalue weighted by Gasteiger charge is 2.47. The Bertz CT molecular complexity index is 1140. The van der Waals surface area contributed by atoms with Crippen molar-refractivity contribution in [2.75, 3.05) is 6.61 Å². The number of aliphatic hydroxyl groups is 1. The lowest BCUT2D eigenvalue weighted by Crippen LogP contribution is -2.42. The van der Waals surface area contributed by atoms with Crippen LogP contribution in [0.4, 0.5) is 4.39 Å². The van der Waals surface area contributed by atoms with Gasteiger partial charge in [-0.3, -0.25) is 9.59 Å².